The molecule has 130 valence electrons. The van der Waals surface area contributed by atoms with Crippen molar-refractivity contribution in [3.63, 3.8) is 0 Å². The topological polar surface area (TPSA) is 47.8 Å². The van der Waals surface area contributed by atoms with E-state index in [9.17, 15) is 9.18 Å². The summed E-state index contributed by atoms with van der Waals surface area (Å²) in [7, 11) is 0. The van der Waals surface area contributed by atoms with Gasteiger partial charge in [0.1, 0.15) is 17.0 Å². The highest BCUT2D eigenvalue weighted by Crippen LogP contribution is 2.30. The molecule has 1 aliphatic heterocycles. The van der Waals surface area contributed by atoms with Gasteiger partial charge in [0.05, 0.1) is 10.9 Å². The smallest absolute Gasteiger partial charge is 0.261 e. The van der Waals surface area contributed by atoms with E-state index in [1.54, 1.807) is 29.0 Å². The summed E-state index contributed by atoms with van der Waals surface area (Å²) in [4.78, 5) is 21.3. The van der Waals surface area contributed by atoms with Gasteiger partial charge in [-0.2, -0.15) is 0 Å². The summed E-state index contributed by atoms with van der Waals surface area (Å²) in [5.41, 5.74) is 0.762. The Bertz CT molecular complexity index is 1120. The molecular formula is C21H18FN3O. The van der Waals surface area contributed by atoms with Crippen molar-refractivity contribution < 1.29 is 4.39 Å². The number of fused-ring (bicyclic) bond motifs is 2. The van der Waals surface area contributed by atoms with Gasteiger partial charge in [0.15, 0.2) is 5.82 Å². The lowest BCUT2D eigenvalue weighted by molar-refractivity contribution is 0.261. The maximum Gasteiger partial charge on any atom is 0.261 e. The number of halogens is 1. The number of nitrogens with zero attached hydrogens (tertiary/aromatic N) is 3. The Kier molecular flexibility index (Phi) is 3.84. The van der Waals surface area contributed by atoms with E-state index < -0.39 is 5.82 Å². The molecular weight excluding hydrogens is 329 g/mol. The number of aromatic nitrogens is 3. The van der Waals surface area contributed by atoms with Crippen LogP contribution >= 0.6 is 0 Å². The first-order chi connectivity index (χ1) is 12.4. The van der Waals surface area contributed by atoms with Crippen LogP contribution in [0.1, 0.15) is 37.4 Å². The van der Waals surface area contributed by atoms with Crippen LogP contribution in [0.25, 0.3) is 10.9 Å². The third kappa shape index (κ3) is 2.88. The maximum atomic E-state index is 15.0. The van der Waals surface area contributed by atoms with E-state index in [1.165, 1.54) is 6.07 Å². The van der Waals surface area contributed by atoms with Crippen molar-refractivity contribution in [3.8, 4) is 11.8 Å². The molecule has 3 heterocycles. The molecule has 2 aromatic heterocycles. The summed E-state index contributed by atoms with van der Waals surface area (Å²) in [6.07, 6.45) is 3.20. The van der Waals surface area contributed by atoms with Gasteiger partial charge in [-0.05, 0) is 42.0 Å². The lowest BCUT2D eigenvalue weighted by Crippen LogP contribution is -2.35. The predicted molar refractivity (Wildman–Crippen MR) is 98.3 cm³/mol. The minimum atomic E-state index is -0.546. The molecule has 5 heteroatoms. The molecule has 0 bridgehead atoms. The van der Waals surface area contributed by atoms with Crippen molar-refractivity contribution in [2.45, 2.75) is 33.2 Å². The van der Waals surface area contributed by atoms with Gasteiger partial charge in [-0.3, -0.25) is 9.36 Å². The van der Waals surface area contributed by atoms with Gasteiger partial charge in [-0.1, -0.05) is 25.8 Å². The van der Waals surface area contributed by atoms with Crippen LogP contribution < -0.4 is 5.56 Å². The van der Waals surface area contributed by atoms with Gasteiger partial charge in [0.25, 0.3) is 5.56 Å². The van der Waals surface area contributed by atoms with Gasteiger partial charge in [0, 0.05) is 19.2 Å². The average Bonchev–Trinajstić information content (AvgIpc) is 2.62. The van der Waals surface area contributed by atoms with Crippen LogP contribution in [0.3, 0.4) is 0 Å². The molecule has 4 nitrogen and oxygen atoms in total. The van der Waals surface area contributed by atoms with E-state index >= 15 is 0 Å². The van der Waals surface area contributed by atoms with Crippen molar-refractivity contribution in [2.75, 3.05) is 0 Å². The monoisotopic (exact) mass is 347 g/mol. The lowest BCUT2D eigenvalue weighted by atomic mass is 9.83. The molecule has 0 radical (unpaired) electrons. The maximum absolute atomic E-state index is 15.0. The molecule has 0 atom stereocenters. The quantitative estimate of drug-likeness (QED) is 0.586. The van der Waals surface area contributed by atoms with Crippen molar-refractivity contribution in [1.29, 1.82) is 0 Å². The normalized spacial score (nSPS) is 15.2. The van der Waals surface area contributed by atoms with Crippen molar-refractivity contribution in [3.05, 3.63) is 69.8 Å². The van der Waals surface area contributed by atoms with Crippen LogP contribution in [0, 0.1) is 23.1 Å². The second kappa shape index (κ2) is 6.06. The number of pyridine rings is 1. The Morgan fingerprint density at radius 2 is 2.04 bits per heavy atom. The Morgan fingerprint density at radius 3 is 2.81 bits per heavy atom. The SMILES string of the molecule is CC1(C)CCn2c(nc3c(F)c(C#Cc4ccccn4)ccc3c2=O)C1. The molecule has 0 saturated heterocycles. The molecule has 0 saturated carbocycles. The fraction of sp³-hybridized carbons (Fsp3) is 0.286. The van der Waals surface area contributed by atoms with Crippen molar-refractivity contribution >= 4 is 10.9 Å². The fourth-order valence-electron chi connectivity index (χ4n) is 3.26. The van der Waals surface area contributed by atoms with Gasteiger partial charge in [-0.15, -0.1) is 0 Å². The summed E-state index contributed by atoms with van der Waals surface area (Å²) in [6.45, 7) is 4.89. The first-order valence-electron chi connectivity index (χ1n) is 8.60. The van der Waals surface area contributed by atoms with Crippen molar-refractivity contribution in [2.24, 2.45) is 5.41 Å². The molecule has 26 heavy (non-hydrogen) atoms. The van der Waals surface area contributed by atoms with Gasteiger partial charge < -0.3 is 0 Å². The average molecular weight is 347 g/mol. The lowest BCUT2D eigenvalue weighted by Gasteiger charge is -2.31. The second-order valence-corrected chi connectivity index (χ2v) is 7.36. The van der Waals surface area contributed by atoms with Gasteiger partial charge in [-0.25, -0.2) is 14.4 Å². The summed E-state index contributed by atoms with van der Waals surface area (Å²) in [5.74, 6) is 5.74. The van der Waals surface area contributed by atoms with E-state index in [0.29, 0.717) is 29.9 Å². The summed E-state index contributed by atoms with van der Waals surface area (Å²) in [6, 6.07) is 8.53. The molecule has 1 aromatic carbocycles. The van der Waals surface area contributed by atoms with Crippen LogP contribution in [0.2, 0.25) is 0 Å². The largest absolute Gasteiger partial charge is 0.296 e. The van der Waals surface area contributed by atoms with E-state index in [0.717, 1.165) is 6.42 Å². The van der Waals surface area contributed by atoms with Gasteiger partial charge in [0.2, 0.25) is 0 Å². The summed E-state index contributed by atoms with van der Waals surface area (Å²) in [5, 5.41) is 0.300. The zero-order valence-electron chi connectivity index (χ0n) is 14.7. The zero-order chi connectivity index (χ0) is 18.3. The Hall–Kier alpha value is -3.00. The van der Waals surface area contributed by atoms with Crippen molar-refractivity contribution in [1.82, 2.24) is 14.5 Å². The Morgan fingerprint density at radius 1 is 1.19 bits per heavy atom. The Balaban J connectivity index is 1.86. The second-order valence-electron chi connectivity index (χ2n) is 7.36. The first-order valence-corrected chi connectivity index (χ1v) is 8.60. The minimum Gasteiger partial charge on any atom is -0.296 e. The Labute approximate surface area is 150 Å². The highest BCUT2D eigenvalue weighted by atomic mass is 19.1. The molecule has 3 aromatic rings. The summed E-state index contributed by atoms with van der Waals surface area (Å²) >= 11 is 0. The van der Waals surface area contributed by atoms with E-state index in [2.05, 4.69) is 35.7 Å². The molecule has 0 spiro atoms. The first kappa shape index (κ1) is 16.5. The van der Waals surface area contributed by atoms with Crippen LogP contribution in [0.5, 0.6) is 0 Å². The molecule has 0 fully saturated rings. The minimum absolute atomic E-state index is 0.0555. The van der Waals surface area contributed by atoms with E-state index in [1.807, 2.05) is 6.07 Å². The third-order valence-corrected chi connectivity index (χ3v) is 4.78. The van der Waals surface area contributed by atoms with Crippen LogP contribution in [0.4, 0.5) is 4.39 Å². The van der Waals surface area contributed by atoms with Gasteiger partial charge >= 0.3 is 0 Å². The van der Waals surface area contributed by atoms with E-state index in [4.69, 9.17) is 0 Å². The van der Waals surface area contributed by atoms with Crippen LogP contribution in [0.15, 0.2) is 41.3 Å². The number of benzene rings is 1. The highest BCUT2D eigenvalue weighted by molar-refractivity contribution is 5.80. The number of rotatable bonds is 0. The molecule has 0 unspecified atom stereocenters. The fourth-order valence-corrected chi connectivity index (χ4v) is 3.26. The zero-order valence-corrected chi connectivity index (χ0v) is 14.7. The highest BCUT2D eigenvalue weighted by Gasteiger charge is 2.28. The molecule has 4 rings (SSSR count). The third-order valence-electron chi connectivity index (χ3n) is 4.78. The summed E-state index contributed by atoms with van der Waals surface area (Å²) < 4.78 is 16.7. The molecule has 0 amide bonds. The molecule has 1 aliphatic rings. The van der Waals surface area contributed by atoms with E-state index in [-0.39, 0.29) is 22.1 Å². The molecule has 0 N–H and O–H groups in total. The predicted octanol–water partition coefficient (Wildman–Crippen LogP) is 3.30. The standard InChI is InChI=1S/C21H18FN3O/c1-21(2)10-12-25-17(13-21)24-19-16(20(25)26)9-7-14(18(19)22)6-8-15-5-3-4-11-23-15/h3-5,7,9,11H,10,12-13H2,1-2H3. The van der Waals surface area contributed by atoms with Crippen LogP contribution in [-0.4, -0.2) is 14.5 Å². The molecule has 0 aliphatic carbocycles. The number of hydrogen-bond donors (Lipinski definition) is 0. The van der Waals surface area contributed by atoms with Crippen LogP contribution in [-0.2, 0) is 13.0 Å². The number of hydrogen-bond acceptors (Lipinski definition) is 3.